The molecule has 0 saturated heterocycles. The van der Waals surface area contributed by atoms with E-state index in [2.05, 4.69) is 29.8 Å². The second-order valence-electron chi connectivity index (χ2n) is 8.43. The van der Waals surface area contributed by atoms with Crippen molar-refractivity contribution in [2.75, 3.05) is 11.4 Å². The molecular weight excluding hydrogens is 442 g/mol. The molecule has 3 rings (SSSR count). The van der Waals surface area contributed by atoms with Crippen LogP contribution >= 0.6 is 15.9 Å². The molecule has 0 radical (unpaired) electrons. The molecule has 0 bridgehead atoms. The van der Waals surface area contributed by atoms with Crippen molar-refractivity contribution >= 4 is 33.3 Å². The predicted octanol–water partition coefficient (Wildman–Crippen LogP) is 5.60. The van der Waals surface area contributed by atoms with Crippen molar-refractivity contribution in [3.63, 3.8) is 0 Å². The number of benzene rings is 2. The fourth-order valence-corrected chi connectivity index (χ4v) is 4.83. The molecule has 2 aromatic carbocycles. The minimum Gasteiger partial charge on any atom is -0.375 e. The highest BCUT2D eigenvalue weighted by Gasteiger charge is 2.51. The van der Waals surface area contributed by atoms with Crippen LogP contribution in [0.2, 0.25) is 0 Å². The summed E-state index contributed by atoms with van der Waals surface area (Å²) in [7, 11) is 0. The van der Waals surface area contributed by atoms with Crippen LogP contribution in [-0.2, 0) is 10.4 Å². The van der Waals surface area contributed by atoms with Gasteiger partial charge in [-0.2, -0.15) is 0 Å². The average Bonchev–Trinajstić information content (AvgIpc) is 2.90. The van der Waals surface area contributed by atoms with Crippen molar-refractivity contribution < 1.29 is 14.7 Å². The van der Waals surface area contributed by atoms with Gasteiger partial charge >= 0.3 is 0 Å². The van der Waals surface area contributed by atoms with Gasteiger partial charge in [0.25, 0.3) is 5.91 Å². The first kappa shape index (κ1) is 22.7. The number of amides is 1. The second-order valence-corrected chi connectivity index (χ2v) is 9.35. The molecule has 1 aliphatic rings. The number of Topliss-reactive ketones (excluding diaryl/α,β-unsaturated/α-hetero) is 1. The molecule has 0 saturated carbocycles. The van der Waals surface area contributed by atoms with Gasteiger partial charge in [0.2, 0.25) is 0 Å². The first-order valence-corrected chi connectivity index (χ1v) is 11.3. The zero-order chi connectivity index (χ0) is 22.4. The minimum absolute atomic E-state index is 0.199. The Bertz CT molecular complexity index is 1010. The number of rotatable bonds is 6. The monoisotopic (exact) mass is 471 g/mol. The van der Waals surface area contributed by atoms with Crippen molar-refractivity contribution in [2.24, 2.45) is 0 Å². The normalized spacial score (nSPS) is 18.1. The third-order valence-corrected chi connectivity index (χ3v) is 7.22. The molecule has 1 N–H and O–H groups in total. The summed E-state index contributed by atoms with van der Waals surface area (Å²) in [4.78, 5) is 28.4. The van der Waals surface area contributed by atoms with Gasteiger partial charge in [-0.3, -0.25) is 9.59 Å². The van der Waals surface area contributed by atoms with Crippen LogP contribution in [0.15, 0.2) is 22.7 Å². The van der Waals surface area contributed by atoms with E-state index < -0.39 is 11.5 Å². The SMILES string of the molecule is CCCCN1C(=O)[C@](O)(CC(=O)c2c(C)c(C)c(C)c(C)c2C)c2cc(Br)ccc21. The molecule has 1 atom stereocenters. The number of hydrogen-bond acceptors (Lipinski definition) is 3. The maximum Gasteiger partial charge on any atom is 0.264 e. The first-order chi connectivity index (χ1) is 14.0. The van der Waals surface area contributed by atoms with Crippen LogP contribution in [0.25, 0.3) is 0 Å². The largest absolute Gasteiger partial charge is 0.375 e. The summed E-state index contributed by atoms with van der Waals surface area (Å²) in [5.74, 6) is -0.608. The van der Waals surface area contributed by atoms with Gasteiger partial charge in [0.1, 0.15) is 0 Å². The molecule has 0 fully saturated rings. The van der Waals surface area contributed by atoms with Crippen LogP contribution in [0.4, 0.5) is 5.69 Å². The van der Waals surface area contributed by atoms with Crippen molar-refractivity contribution in [3.8, 4) is 0 Å². The number of unbranched alkanes of at least 4 members (excludes halogenated alkanes) is 1. The van der Waals surface area contributed by atoms with E-state index in [0.29, 0.717) is 23.4 Å². The molecule has 0 aliphatic carbocycles. The molecule has 160 valence electrons. The number of fused-ring (bicyclic) bond motifs is 1. The van der Waals surface area contributed by atoms with E-state index in [1.165, 1.54) is 5.56 Å². The summed E-state index contributed by atoms with van der Waals surface area (Å²) in [6.07, 6.45) is 1.51. The molecule has 1 amide bonds. The number of halogens is 1. The van der Waals surface area contributed by atoms with Gasteiger partial charge in [0.05, 0.1) is 12.1 Å². The van der Waals surface area contributed by atoms with Crippen LogP contribution in [0.3, 0.4) is 0 Å². The Morgan fingerprint density at radius 3 is 2.17 bits per heavy atom. The fraction of sp³-hybridized carbons (Fsp3) is 0.440. The highest BCUT2D eigenvalue weighted by Crippen LogP contribution is 2.44. The lowest BCUT2D eigenvalue weighted by Gasteiger charge is -2.24. The number of hydrogen-bond donors (Lipinski definition) is 1. The van der Waals surface area contributed by atoms with Crippen molar-refractivity contribution in [3.05, 3.63) is 61.6 Å². The summed E-state index contributed by atoms with van der Waals surface area (Å²) < 4.78 is 0.770. The molecule has 30 heavy (non-hydrogen) atoms. The highest BCUT2D eigenvalue weighted by molar-refractivity contribution is 9.10. The smallest absolute Gasteiger partial charge is 0.264 e. The Hall–Kier alpha value is -1.98. The van der Waals surface area contributed by atoms with Gasteiger partial charge in [0.15, 0.2) is 11.4 Å². The molecule has 0 spiro atoms. The molecule has 0 aromatic heterocycles. The van der Waals surface area contributed by atoms with E-state index >= 15 is 0 Å². The van der Waals surface area contributed by atoms with Gasteiger partial charge in [-0.15, -0.1) is 0 Å². The van der Waals surface area contributed by atoms with Crippen molar-refractivity contribution in [1.82, 2.24) is 0 Å². The topological polar surface area (TPSA) is 57.6 Å². The molecular formula is C25H30BrNO3. The van der Waals surface area contributed by atoms with Crippen LogP contribution in [0.1, 0.15) is 69.9 Å². The Balaban J connectivity index is 2.08. The number of nitrogens with zero attached hydrogens (tertiary/aromatic N) is 1. The maximum atomic E-state index is 13.5. The molecule has 1 aliphatic heterocycles. The molecule has 4 nitrogen and oxygen atoms in total. The van der Waals surface area contributed by atoms with E-state index in [1.54, 1.807) is 11.0 Å². The number of anilines is 1. The third kappa shape index (κ3) is 3.52. The lowest BCUT2D eigenvalue weighted by Crippen LogP contribution is -2.42. The number of ketones is 1. The number of carbonyl (C=O) groups is 2. The Morgan fingerprint density at radius 2 is 1.60 bits per heavy atom. The summed E-state index contributed by atoms with van der Waals surface area (Å²) in [6, 6.07) is 5.46. The van der Waals surface area contributed by atoms with E-state index in [0.717, 1.165) is 39.6 Å². The maximum absolute atomic E-state index is 13.5. The summed E-state index contributed by atoms with van der Waals surface area (Å²) in [5, 5.41) is 11.6. The molecule has 5 heteroatoms. The Morgan fingerprint density at radius 1 is 1.03 bits per heavy atom. The number of carbonyl (C=O) groups excluding carboxylic acids is 2. The predicted molar refractivity (Wildman–Crippen MR) is 124 cm³/mol. The van der Waals surface area contributed by atoms with Gasteiger partial charge in [-0.05, 0) is 87.1 Å². The molecule has 2 aromatic rings. The fourth-order valence-electron chi connectivity index (χ4n) is 4.47. The van der Waals surface area contributed by atoms with E-state index in [9.17, 15) is 14.7 Å². The van der Waals surface area contributed by atoms with E-state index in [1.807, 2.05) is 39.8 Å². The van der Waals surface area contributed by atoms with Gasteiger partial charge in [0, 0.05) is 22.1 Å². The molecule has 0 unspecified atom stereocenters. The Labute approximate surface area is 187 Å². The van der Waals surface area contributed by atoms with Gasteiger partial charge in [-0.1, -0.05) is 29.3 Å². The quantitative estimate of drug-likeness (QED) is 0.557. The summed E-state index contributed by atoms with van der Waals surface area (Å²) >= 11 is 3.44. The Kier molecular flexibility index (Phi) is 6.26. The van der Waals surface area contributed by atoms with Crippen LogP contribution < -0.4 is 4.90 Å². The van der Waals surface area contributed by atoms with Gasteiger partial charge in [-0.25, -0.2) is 0 Å². The second kappa shape index (κ2) is 8.27. The summed E-state index contributed by atoms with van der Waals surface area (Å²) in [5.41, 5.74) is 5.16. The van der Waals surface area contributed by atoms with Gasteiger partial charge < -0.3 is 10.0 Å². The summed E-state index contributed by atoms with van der Waals surface area (Å²) in [6.45, 7) is 12.6. The van der Waals surface area contributed by atoms with Crippen LogP contribution in [0.5, 0.6) is 0 Å². The standard InChI is InChI=1S/C25H30BrNO3/c1-7-8-11-27-21-10-9-19(26)12-20(21)25(30,24(27)29)13-22(28)23-17(5)15(3)14(2)16(4)18(23)6/h9-10,12,30H,7-8,11,13H2,1-6H3/t25-/m0/s1. The van der Waals surface area contributed by atoms with E-state index in [-0.39, 0.29) is 12.2 Å². The zero-order valence-corrected chi connectivity index (χ0v) is 20.2. The lowest BCUT2D eigenvalue weighted by molar-refractivity contribution is -0.135. The third-order valence-electron chi connectivity index (χ3n) is 6.72. The van der Waals surface area contributed by atoms with Crippen molar-refractivity contribution in [2.45, 2.75) is 66.4 Å². The van der Waals surface area contributed by atoms with Crippen molar-refractivity contribution in [1.29, 1.82) is 0 Å². The molecule has 1 heterocycles. The number of aliphatic hydroxyl groups is 1. The van der Waals surface area contributed by atoms with E-state index in [4.69, 9.17) is 0 Å². The average molecular weight is 472 g/mol. The van der Waals surface area contributed by atoms with Crippen LogP contribution in [-0.4, -0.2) is 23.3 Å². The van der Waals surface area contributed by atoms with Crippen LogP contribution in [0, 0.1) is 34.6 Å². The lowest BCUT2D eigenvalue weighted by atomic mass is 9.82. The zero-order valence-electron chi connectivity index (χ0n) is 18.6. The first-order valence-electron chi connectivity index (χ1n) is 10.5. The highest BCUT2D eigenvalue weighted by atomic mass is 79.9. The minimum atomic E-state index is -1.85.